The van der Waals surface area contributed by atoms with Crippen LogP contribution in [0, 0.1) is 5.92 Å². The highest BCUT2D eigenvalue weighted by Gasteiger charge is 2.45. The van der Waals surface area contributed by atoms with Gasteiger partial charge in [0.05, 0.1) is 0 Å². The van der Waals surface area contributed by atoms with Gasteiger partial charge in [0.25, 0.3) is 0 Å². The molecule has 0 aromatic heterocycles. The van der Waals surface area contributed by atoms with Gasteiger partial charge in [-0.2, -0.15) is 17.6 Å². The Morgan fingerprint density at radius 3 is 2.40 bits per heavy atom. The number of ether oxygens (including phenoxy) is 1. The maximum Gasteiger partial charge on any atom is 0.461 e. The first kappa shape index (κ1) is 20.3. The summed E-state index contributed by atoms with van der Waals surface area (Å²) in [5.74, 6) is 0.431. The van der Waals surface area contributed by atoms with Gasteiger partial charge < -0.3 is 10.1 Å². The number of rotatable bonds is 7. The number of alkyl halides is 4. The number of nitrogens with zero attached hydrogens (tertiary/aromatic N) is 1. The van der Waals surface area contributed by atoms with Gasteiger partial charge in [-0.15, -0.1) is 12.4 Å². The zero-order chi connectivity index (χ0) is 17.2. The van der Waals surface area contributed by atoms with Crippen molar-refractivity contribution in [2.75, 3.05) is 26.2 Å². The van der Waals surface area contributed by atoms with Crippen LogP contribution in [0.4, 0.5) is 17.6 Å². The van der Waals surface area contributed by atoms with E-state index in [0.29, 0.717) is 11.5 Å². The van der Waals surface area contributed by atoms with Gasteiger partial charge in [0.2, 0.25) is 0 Å². The molecule has 1 aliphatic carbocycles. The molecule has 3 nitrogen and oxygen atoms in total. The number of halogens is 5. The fourth-order valence-electron chi connectivity index (χ4n) is 3.18. The number of para-hydroxylation sites is 1. The van der Waals surface area contributed by atoms with E-state index in [9.17, 15) is 17.6 Å². The maximum absolute atomic E-state index is 13.4. The molecule has 0 amide bonds. The van der Waals surface area contributed by atoms with Crippen LogP contribution in [0.2, 0.25) is 0 Å². The summed E-state index contributed by atoms with van der Waals surface area (Å²) in [6, 6.07) is 6.26. The smallest absolute Gasteiger partial charge is 0.428 e. The van der Waals surface area contributed by atoms with Gasteiger partial charge in [0.15, 0.2) is 0 Å². The lowest BCUT2D eigenvalue weighted by Gasteiger charge is -2.36. The van der Waals surface area contributed by atoms with Crippen LogP contribution in [0.5, 0.6) is 5.75 Å². The summed E-state index contributed by atoms with van der Waals surface area (Å²) in [6.07, 6.45) is -5.21. The van der Waals surface area contributed by atoms with Crippen LogP contribution < -0.4 is 10.1 Å². The standard InChI is InChI=1S/C17H22F4N2O.ClH/c18-16(19)17(20,21)24-15-4-2-1-3-13(15)14(11-12-5-6-12)23-9-7-22-8-10-23;/h1-4,12,14,16,22H,5-11H2;1H/t14-;/m0./s1. The molecule has 1 heterocycles. The van der Waals surface area contributed by atoms with E-state index in [0.717, 1.165) is 45.4 Å². The molecule has 2 fully saturated rings. The molecule has 1 atom stereocenters. The topological polar surface area (TPSA) is 24.5 Å². The summed E-state index contributed by atoms with van der Waals surface area (Å²) in [5, 5.41) is 3.27. The molecule has 1 saturated carbocycles. The average molecular weight is 383 g/mol. The lowest BCUT2D eigenvalue weighted by atomic mass is 9.97. The highest BCUT2D eigenvalue weighted by atomic mass is 35.5. The summed E-state index contributed by atoms with van der Waals surface area (Å²) in [7, 11) is 0. The highest BCUT2D eigenvalue weighted by molar-refractivity contribution is 5.85. The second kappa shape index (κ2) is 8.56. The zero-order valence-corrected chi connectivity index (χ0v) is 14.6. The van der Waals surface area contributed by atoms with Crippen molar-refractivity contribution in [1.82, 2.24) is 10.2 Å². The van der Waals surface area contributed by atoms with Crippen LogP contribution in [-0.2, 0) is 0 Å². The van der Waals surface area contributed by atoms with Crippen molar-refractivity contribution in [2.24, 2.45) is 5.92 Å². The molecule has 1 aromatic carbocycles. The first-order valence-electron chi connectivity index (χ1n) is 8.36. The number of nitrogens with one attached hydrogen (secondary N) is 1. The lowest BCUT2D eigenvalue weighted by Crippen LogP contribution is -2.45. The Kier molecular flexibility index (Phi) is 6.93. The number of benzene rings is 1. The Labute approximate surface area is 151 Å². The van der Waals surface area contributed by atoms with Crippen LogP contribution in [0.25, 0.3) is 0 Å². The van der Waals surface area contributed by atoms with Gasteiger partial charge in [-0.05, 0) is 18.4 Å². The summed E-state index contributed by atoms with van der Waals surface area (Å²) in [6.45, 7) is 3.27. The number of hydrogen-bond donors (Lipinski definition) is 1. The minimum atomic E-state index is -4.48. The average Bonchev–Trinajstić information content (AvgIpc) is 3.38. The summed E-state index contributed by atoms with van der Waals surface area (Å²) >= 11 is 0. The highest BCUT2D eigenvalue weighted by Crippen LogP contribution is 2.43. The molecule has 2 aliphatic rings. The predicted octanol–water partition coefficient (Wildman–Crippen LogP) is 4.09. The minimum absolute atomic E-state index is 0. The van der Waals surface area contributed by atoms with Crippen LogP contribution in [0.1, 0.15) is 30.9 Å². The van der Waals surface area contributed by atoms with Crippen LogP contribution in [0.3, 0.4) is 0 Å². The maximum atomic E-state index is 13.4. The van der Waals surface area contributed by atoms with Gasteiger partial charge >= 0.3 is 12.5 Å². The molecule has 0 bridgehead atoms. The normalized spacial score (nSPS) is 20.2. The number of piperazine rings is 1. The molecule has 0 spiro atoms. The molecule has 25 heavy (non-hydrogen) atoms. The quantitative estimate of drug-likeness (QED) is 0.719. The molecular formula is C17H23ClF4N2O. The van der Waals surface area contributed by atoms with Gasteiger partial charge in [-0.25, -0.2) is 0 Å². The van der Waals surface area contributed by atoms with Crippen molar-refractivity contribution in [3.63, 3.8) is 0 Å². The van der Waals surface area contributed by atoms with Crippen molar-refractivity contribution in [3.8, 4) is 5.75 Å². The van der Waals surface area contributed by atoms with Crippen molar-refractivity contribution in [1.29, 1.82) is 0 Å². The van der Waals surface area contributed by atoms with Crippen molar-refractivity contribution < 1.29 is 22.3 Å². The first-order valence-corrected chi connectivity index (χ1v) is 8.36. The largest absolute Gasteiger partial charge is 0.461 e. The van der Waals surface area contributed by atoms with Crippen LogP contribution >= 0.6 is 12.4 Å². The Hall–Kier alpha value is -1.05. The lowest BCUT2D eigenvalue weighted by molar-refractivity contribution is -0.253. The SMILES string of the molecule is Cl.FC(F)C(F)(F)Oc1ccccc1[C@H](CC1CC1)N1CCNCC1. The van der Waals surface area contributed by atoms with Gasteiger partial charge in [0.1, 0.15) is 5.75 Å². The van der Waals surface area contributed by atoms with E-state index in [4.69, 9.17) is 0 Å². The van der Waals surface area contributed by atoms with E-state index in [2.05, 4.69) is 15.0 Å². The number of hydrogen-bond acceptors (Lipinski definition) is 3. The van der Waals surface area contributed by atoms with Gasteiger partial charge in [0, 0.05) is 37.8 Å². The summed E-state index contributed by atoms with van der Waals surface area (Å²) in [5.41, 5.74) is 0.576. The van der Waals surface area contributed by atoms with E-state index < -0.39 is 12.5 Å². The fraction of sp³-hybridized carbons (Fsp3) is 0.647. The fourth-order valence-corrected chi connectivity index (χ4v) is 3.18. The third-order valence-electron chi connectivity index (χ3n) is 4.62. The first-order chi connectivity index (χ1) is 11.5. The molecule has 0 unspecified atom stereocenters. The third-order valence-corrected chi connectivity index (χ3v) is 4.62. The molecule has 0 radical (unpaired) electrons. The Balaban J connectivity index is 0.00000225. The van der Waals surface area contributed by atoms with E-state index in [-0.39, 0.29) is 24.2 Å². The molecular weight excluding hydrogens is 360 g/mol. The van der Waals surface area contributed by atoms with Gasteiger partial charge in [-0.1, -0.05) is 31.0 Å². The monoisotopic (exact) mass is 382 g/mol. The van der Waals surface area contributed by atoms with E-state index in [1.165, 1.54) is 12.1 Å². The van der Waals surface area contributed by atoms with Gasteiger partial charge in [-0.3, -0.25) is 4.90 Å². The Morgan fingerprint density at radius 2 is 1.80 bits per heavy atom. The second-order valence-corrected chi connectivity index (χ2v) is 6.48. The molecule has 1 aromatic rings. The Bertz CT molecular complexity index is 551. The van der Waals surface area contributed by atoms with Crippen LogP contribution in [0.15, 0.2) is 24.3 Å². The molecule has 142 valence electrons. The molecule has 3 rings (SSSR count). The molecule has 8 heteroatoms. The second-order valence-electron chi connectivity index (χ2n) is 6.48. The predicted molar refractivity (Wildman–Crippen MR) is 89.8 cm³/mol. The van der Waals surface area contributed by atoms with Crippen molar-refractivity contribution in [2.45, 2.75) is 37.8 Å². The van der Waals surface area contributed by atoms with Crippen LogP contribution in [-0.4, -0.2) is 43.6 Å². The Morgan fingerprint density at radius 1 is 1.16 bits per heavy atom. The van der Waals surface area contributed by atoms with Crippen molar-refractivity contribution >= 4 is 12.4 Å². The third kappa shape index (κ3) is 5.21. The zero-order valence-electron chi connectivity index (χ0n) is 13.8. The molecule has 1 saturated heterocycles. The minimum Gasteiger partial charge on any atom is -0.428 e. The van der Waals surface area contributed by atoms with E-state index in [1.807, 2.05) is 0 Å². The van der Waals surface area contributed by atoms with Crippen molar-refractivity contribution in [3.05, 3.63) is 29.8 Å². The summed E-state index contributed by atoms with van der Waals surface area (Å²) < 4.78 is 56.3. The summed E-state index contributed by atoms with van der Waals surface area (Å²) in [4.78, 5) is 2.23. The molecule has 1 N–H and O–H groups in total. The van der Waals surface area contributed by atoms with E-state index in [1.54, 1.807) is 12.1 Å². The van der Waals surface area contributed by atoms with E-state index >= 15 is 0 Å². The molecule has 1 aliphatic heterocycles.